The quantitative estimate of drug-likeness (QED) is 0.650. The molecule has 0 saturated heterocycles. The summed E-state index contributed by atoms with van der Waals surface area (Å²) in [7, 11) is 0. The highest BCUT2D eigenvalue weighted by atomic mass is 127. The topological polar surface area (TPSA) is 46.9 Å². The highest BCUT2D eigenvalue weighted by Gasteiger charge is 2.10. The van der Waals surface area contributed by atoms with E-state index in [0.29, 0.717) is 17.8 Å². The first-order chi connectivity index (χ1) is 11.1. The second kappa shape index (κ2) is 6.95. The maximum absolute atomic E-state index is 12.3. The summed E-state index contributed by atoms with van der Waals surface area (Å²) in [5.41, 5.74) is 3.77. The number of nitrogens with zero attached hydrogens (tertiary/aromatic N) is 2. The van der Waals surface area contributed by atoms with Gasteiger partial charge in [0, 0.05) is 9.77 Å². The number of rotatable bonds is 4. The zero-order valence-electron chi connectivity index (χ0n) is 12.7. The number of aromatic nitrogens is 2. The van der Waals surface area contributed by atoms with Crippen LogP contribution in [0.15, 0.2) is 60.9 Å². The third-order valence-corrected chi connectivity index (χ3v) is 4.42. The standard InChI is InChI=1S/C18H16IN3O/c1-13-6-8-14(9-7-13)11-22-12-15(10-20-22)21-18(23)16-4-2-3-5-17(16)19/h2-10,12H,11H2,1H3,(H,21,23). The molecule has 0 aliphatic carbocycles. The number of halogens is 1. The van der Waals surface area contributed by atoms with Crippen molar-refractivity contribution in [3.05, 3.63) is 81.2 Å². The maximum Gasteiger partial charge on any atom is 0.256 e. The van der Waals surface area contributed by atoms with Crippen LogP contribution in [0, 0.1) is 10.5 Å². The summed E-state index contributed by atoms with van der Waals surface area (Å²) >= 11 is 2.16. The molecule has 116 valence electrons. The number of hydrogen-bond donors (Lipinski definition) is 1. The smallest absolute Gasteiger partial charge is 0.256 e. The van der Waals surface area contributed by atoms with Crippen molar-refractivity contribution < 1.29 is 4.79 Å². The molecule has 0 aliphatic heterocycles. The Hall–Kier alpha value is -2.15. The summed E-state index contributed by atoms with van der Waals surface area (Å²) in [6.45, 7) is 2.75. The monoisotopic (exact) mass is 417 g/mol. The SMILES string of the molecule is Cc1ccc(Cn2cc(NC(=O)c3ccccc3I)cn2)cc1. The number of amides is 1. The van der Waals surface area contributed by atoms with Crippen LogP contribution in [0.2, 0.25) is 0 Å². The normalized spacial score (nSPS) is 10.5. The van der Waals surface area contributed by atoms with Crippen LogP contribution in [0.25, 0.3) is 0 Å². The fourth-order valence-electron chi connectivity index (χ4n) is 2.24. The van der Waals surface area contributed by atoms with Crippen molar-refractivity contribution in [1.82, 2.24) is 9.78 Å². The molecule has 0 unspecified atom stereocenters. The Morgan fingerprint density at radius 2 is 1.91 bits per heavy atom. The molecule has 0 radical (unpaired) electrons. The average molecular weight is 417 g/mol. The number of nitrogens with one attached hydrogen (secondary N) is 1. The first-order valence-electron chi connectivity index (χ1n) is 7.26. The van der Waals surface area contributed by atoms with E-state index < -0.39 is 0 Å². The molecule has 1 amide bonds. The summed E-state index contributed by atoms with van der Waals surface area (Å²) in [5.74, 6) is -0.120. The molecule has 0 saturated carbocycles. The lowest BCUT2D eigenvalue weighted by Gasteiger charge is -2.04. The molecular formula is C18H16IN3O. The fourth-order valence-corrected chi connectivity index (χ4v) is 2.87. The van der Waals surface area contributed by atoms with E-state index >= 15 is 0 Å². The van der Waals surface area contributed by atoms with Gasteiger partial charge in [-0.25, -0.2) is 0 Å². The Kier molecular flexibility index (Phi) is 4.76. The van der Waals surface area contributed by atoms with Crippen LogP contribution in [0.4, 0.5) is 5.69 Å². The maximum atomic E-state index is 12.3. The van der Waals surface area contributed by atoms with Gasteiger partial charge in [-0.15, -0.1) is 0 Å². The van der Waals surface area contributed by atoms with Gasteiger partial charge in [-0.1, -0.05) is 42.0 Å². The third-order valence-electron chi connectivity index (χ3n) is 3.47. The Morgan fingerprint density at radius 3 is 2.65 bits per heavy atom. The predicted molar refractivity (Wildman–Crippen MR) is 99.6 cm³/mol. The van der Waals surface area contributed by atoms with E-state index in [0.717, 1.165) is 3.57 Å². The summed E-state index contributed by atoms with van der Waals surface area (Å²) in [6, 6.07) is 15.8. The van der Waals surface area contributed by atoms with E-state index in [1.807, 2.05) is 35.1 Å². The van der Waals surface area contributed by atoms with Gasteiger partial charge in [0.15, 0.2) is 0 Å². The van der Waals surface area contributed by atoms with E-state index in [1.165, 1.54) is 11.1 Å². The van der Waals surface area contributed by atoms with Gasteiger partial charge in [-0.3, -0.25) is 9.48 Å². The highest BCUT2D eigenvalue weighted by molar-refractivity contribution is 14.1. The van der Waals surface area contributed by atoms with Crippen molar-refractivity contribution in [3.63, 3.8) is 0 Å². The third kappa shape index (κ3) is 3.98. The molecule has 0 spiro atoms. The Balaban J connectivity index is 1.69. The second-order valence-corrected chi connectivity index (χ2v) is 6.51. The predicted octanol–water partition coefficient (Wildman–Crippen LogP) is 4.10. The molecule has 3 aromatic rings. The highest BCUT2D eigenvalue weighted by Crippen LogP contribution is 2.15. The molecule has 5 heteroatoms. The molecule has 0 bridgehead atoms. The van der Waals surface area contributed by atoms with Crippen LogP contribution < -0.4 is 5.32 Å². The van der Waals surface area contributed by atoms with Crippen LogP contribution in [0.1, 0.15) is 21.5 Å². The summed E-state index contributed by atoms with van der Waals surface area (Å²) in [4.78, 5) is 12.3. The van der Waals surface area contributed by atoms with Crippen LogP contribution in [0.5, 0.6) is 0 Å². The molecule has 0 atom stereocenters. The minimum atomic E-state index is -0.120. The molecule has 0 aliphatic rings. The van der Waals surface area contributed by atoms with E-state index in [1.54, 1.807) is 6.20 Å². The zero-order chi connectivity index (χ0) is 16.2. The fraction of sp³-hybridized carbons (Fsp3) is 0.111. The molecule has 3 rings (SSSR count). The van der Waals surface area contributed by atoms with Crippen molar-refractivity contribution in [2.24, 2.45) is 0 Å². The molecule has 23 heavy (non-hydrogen) atoms. The van der Waals surface area contributed by atoms with Crippen LogP contribution in [-0.4, -0.2) is 15.7 Å². The van der Waals surface area contributed by atoms with E-state index in [-0.39, 0.29) is 5.91 Å². The van der Waals surface area contributed by atoms with Gasteiger partial charge in [-0.05, 0) is 47.2 Å². The lowest BCUT2D eigenvalue weighted by molar-refractivity contribution is 0.102. The van der Waals surface area contributed by atoms with Gasteiger partial charge in [0.1, 0.15) is 0 Å². The molecule has 1 N–H and O–H groups in total. The van der Waals surface area contributed by atoms with Crippen molar-refractivity contribution in [2.45, 2.75) is 13.5 Å². The van der Waals surface area contributed by atoms with Crippen molar-refractivity contribution in [3.8, 4) is 0 Å². The minimum Gasteiger partial charge on any atom is -0.319 e. The van der Waals surface area contributed by atoms with Crippen LogP contribution in [0.3, 0.4) is 0 Å². The number of aryl methyl sites for hydroxylation is 1. The van der Waals surface area contributed by atoms with Gasteiger partial charge in [0.25, 0.3) is 5.91 Å². The molecule has 0 fully saturated rings. The van der Waals surface area contributed by atoms with Crippen LogP contribution >= 0.6 is 22.6 Å². The summed E-state index contributed by atoms with van der Waals surface area (Å²) in [5, 5.41) is 7.19. The second-order valence-electron chi connectivity index (χ2n) is 5.35. The van der Waals surface area contributed by atoms with Crippen molar-refractivity contribution >= 4 is 34.2 Å². The molecular weight excluding hydrogens is 401 g/mol. The molecule has 1 aromatic heterocycles. The average Bonchev–Trinajstić information content (AvgIpc) is 2.97. The first kappa shape index (κ1) is 15.7. The summed E-state index contributed by atoms with van der Waals surface area (Å²) < 4.78 is 2.74. The molecule has 4 nitrogen and oxygen atoms in total. The number of benzene rings is 2. The van der Waals surface area contributed by atoms with Crippen molar-refractivity contribution in [1.29, 1.82) is 0 Å². The Labute approximate surface area is 148 Å². The summed E-state index contributed by atoms with van der Waals surface area (Å²) in [6.07, 6.45) is 3.51. The Morgan fingerprint density at radius 1 is 1.17 bits per heavy atom. The first-order valence-corrected chi connectivity index (χ1v) is 8.33. The van der Waals surface area contributed by atoms with Gasteiger partial charge >= 0.3 is 0 Å². The largest absolute Gasteiger partial charge is 0.319 e. The number of hydrogen-bond acceptors (Lipinski definition) is 2. The van der Waals surface area contributed by atoms with Crippen LogP contribution in [-0.2, 0) is 6.54 Å². The van der Waals surface area contributed by atoms with E-state index in [9.17, 15) is 4.79 Å². The number of carbonyl (C=O) groups excluding carboxylic acids is 1. The van der Waals surface area contributed by atoms with Gasteiger partial charge in [-0.2, -0.15) is 5.10 Å². The minimum absolute atomic E-state index is 0.120. The van der Waals surface area contributed by atoms with Crippen molar-refractivity contribution in [2.75, 3.05) is 5.32 Å². The van der Waals surface area contributed by atoms with Gasteiger partial charge in [0.2, 0.25) is 0 Å². The van der Waals surface area contributed by atoms with Gasteiger partial charge < -0.3 is 5.32 Å². The zero-order valence-corrected chi connectivity index (χ0v) is 14.8. The molecule has 1 heterocycles. The van der Waals surface area contributed by atoms with E-state index in [4.69, 9.17) is 0 Å². The van der Waals surface area contributed by atoms with Gasteiger partial charge in [0.05, 0.1) is 24.0 Å². The lowest BCUT2D eigenvalue weighted by Crippen LogP contribution is -2.12. The number of anilines is 1. The molecule has 2 aromatic carbocycles. The number of carbonyl (C=O) groups is 1. The Bertz CT molecular complexity index is 824. The lowest BCUT2D eigenvalue weighted by atomic mass is 10.1. The van der Waals surface area contributed by atoms with E-state index in [2.05, 4.69) is 64.2 Å².